The van der Waals surface area contributed by atoms with E-state index in [1.165, 1.54) is 17.9 Å². The number of sulfonamides is 1. The zero-order valence-electron chi connectivity index (χ0n) is 9.89. The Morgan fingerprint density at radius 3 is 2.56 bits per heavy atom. The van der Waals surface area contributed by atoms with E-state index in [2.05, 4.69) is 4.72 Å². The fraction of sp³-hybridized carbons (Fsp3) is 0.545. The van der Waals surface area contributed by atoms with E-state index in [1.54, 1.807) is 0 Å². The minimum absolute atomic E-state index is 0.0145. The van der Waals surface area contributed by atoms with E-state index in [1.807, 2.05) is 0 Å². The van der Waals surface area contributed by atoms with Crippen molar-refractivity contribution in [3.05, 3.63) is 16.3 Å². The molecule has 2 rings (SSSR count). The van der Waals surface area contributed by atoms with Crippen molar-refractivity contribution in [1.29, 1.82) is 0 Å². The van der Waals surface area contributed by atoms with Crippen molar-refractivity contribution in [1.82, 2.24) is 4.72 Å². The van der Waals surface area contributed by atoms with Gasteiger partial charge in [-0.3, -0.25) is 4.79 Å². The Kier molecular flexibility index (Phi) is 4.04. The van der Waals surface area contributed by atoms with E-state index >= 15 is 0 Å². The Bertz CT molecular complexity index is 530. The summed E-state index contributed by atoms with van der Waals surface area (Å²) in [6.45, 7) is 0. The van der Waals surface area contributed by atoms with Crippen LogP contribution in [0.15, 0.2) is 16.3 Å². The number of rotatable bonds is 4. The first kappa shape index (κ1) is 13.5. The van der Waals surface area contributed by atoms with Gasteiger partial charge >= 0.3 is 0 Å². The predicted octanol–water partition coefficient (Wildman–Crippen LogP) is 1.46. The molecule has 0 atom stereocenters. The summed E-state index contributed by atoms with van der Waals surface area (Å²) in [6, 6.07) is 1.35. The molecule has 1 heterocycles. The summed E-state index contributed by atoms with van der Waals surface area (Å²) in [7, 11) is -3.52. The van der Waals surface area contributed by atoms with Gasteiger partial charge in [-0.15, -0.1) is 11.3 Å². The van der Waals surface area contributed by atoms with Gasteiger partial charge in [0, 0.05) is 11.4 Å². The van der Waals surface area contributed by atoms with Gasteiger partial charge in [-0.25, -0.2) is 13.1 Å². The van der Waals surface area contributed by atoms with Gasteiger partial charge in [-0.2, -0.15) is 0 Å². The molecule has 1 amide bonds. The van der Waals surface area contributed by atoms with Crippen LogP contribution >= 0.6 is 11.3 Å². The molecular weight excluding hydrogens is 272 g/mol. The summed E-state index contributed by atoms with van der Waals surface area (Å²) >= 11 is 1.05. The summed E-state index contributed by atoms with van der Waals surface area (Å²) in [4.78, 5) is 11.3. The van der Waals surface area contributed by atoms with E-state index in [-0.39, 0.29) is 15.8 Å². The van der Waals surface area contributed by atoms with Gasteiger partial charge in [0.25, 0.3) is 5.91 Å². The highest BCUT2D eigenvalue weighted by molar-refractivity contribution is 7.89. The summed E-state index contributed by atoms with van der Waals surface area (Å²) in [5.41, 5.74) is 5.11. The number of amides is 1. The number of carbonyl (C=O) groups excluding carboxylic acids is 1. The molecule has 0 bridgehead atoms. The molecule has 0 saturated heterocycles. The van der Waals surface area contributed by atoms with E-state index in [0.717, 1.165) is 37.0 Å². The van der Waals surface area contributed by atoms with Crippen molar-refractivity contribution in [3.63, 3.8) is 0 Å². The zero-order valence-corrected chi connectivity index (χ0v) is 11.5. The standard InChI is InChI=1S/C11H16N2O3S2/c12-11(14)10-6-9(7-17-10)18(15,16)13-8-4-2-1-3-5-8/h6-8,13H,1-5H2,(H2,12,14). The molecular formula is C11H16N2O3S2. The predicted molar refractivity (Wildman–Crippen MR) is 70.0 cm³/mol. The van der Waals surface area contributed by atoms with E-state index in [4.69, 9.17) is 5.73 Å². The summed E-state index contributed by atoms with van der Waals surface area (Å²) in [5, 5.41) is 1.45. The largest absolute Gasteiger partial charge is 0.365 e. The van der Waals surface area contributed by atoms with Gasteiger partial charge in [-0.05, 0) is 18.9 Å². The van der Waals surface area contributed by atoms with Crippen molar-refractivity contribution in [2.75, 3.05) is 0 Å². The van der Waals surface area contributed by atoms with Crippen LogP contribution in [0.3, 0.4) is 0 Å². The smallest absolute Gasteiger partial charge is 0.258 e. The number of carbonyl (C=O) groups is 1. The first-order valence-corrected chi connectivity index (χ1v) is 8.26. The molecule has 1 saturated carbocycles. The highest BCUT2D eigenvalue weighted by Crippen LogP contribution is 2.22. The molecule has 1 aliphatic rings. The molecule has 0 radical (unpaired) electrons. The first-order chi connectivity index (χ1) is 8.49. The van der Waals surface area contributed by atoms with Crippen molar-refractivity contribution < 1.29 is 13.2 Å². The fourth-order valence-corrected chi connectivity index (χ4v) is 4.53. The summed E-state index contributed by atoms with van der Waals surface area (Å²) in [6.07, 6.45) is 5.05. The lowest BCUT2D eigenvalue weighted by atomic mass is 9.96. The second kappa shape index (κ2) is 5.38. The topological polar surface area (TPSA) is 89.3 Å². The Hall–Kier alpha value is -0.920. The van der Waals surface area contributed by atoms with Gasteiger partial charge in [-0.1, -0.05) is 19.3 Å². The third-order valence-corrected chi connectivity index (χ3v) is 5.65. The quantitative estimate of drug-likeness (QED) is 0.879. The van der Waals surface area contributed by atoms with Crippen LogP contribution in [0.2, 0.25) is 0 Å². The Morgan fingerprint density at radius 2 is 2.00 bits per heavy atom. The maximum Gasteiger partial charge on any atom is 0.258 e. The van der Waals surface area contributed by atoms with Crippen LogP contribution in [-0.2, 0) is 10.0 Å². The number of nitrogens with one attached hydrogen (secondary N) is 1. The number of nitrogens with two attached hydrogens (primary N) is 1. The molecule has 1 fully saturated rings. The van der Waals surface area contributed by atoms with Crippen LogP contribution in [0.4, 0.5) is 0 Å². The number of thiophene rings is 1. The van der Waals surface area contributed by atoms with E-state index in [0.29, 0.717) is 0 Å². The average Bonchev–Trinajstić information content (AvgIpc) is 2.79. The Balaban J connectivity index is 2.11. The second-order valence-electron chi connectivity index (χ2n) is 4.47. The van der Waals surface area contributed by atoms with Crippen molar-refractivity contribution in [2.45, 2.75) is 43.0 Å². The summed E-state index contributed by atoms with van der Waals surface area (Å²) in [5.74, 6) is -0.598. The van der Waals surface area contributed by atoms with Crippen molar-refractivity contribution in [3.8, 4) is 0 Å². The molecule has 100 valence electrons. The van der Waals surface area contributed by atoms with Crippen LogP contribution in [-0.4, -0.2) is 20.4 Å². The van der Waals surface area contributed by atoms with Crippen LogP contribution in [0.5, 0.6) is 0 Å². The van der Waals surface area contributed by atoms with Gasteiger partial charge in [0.2, 0.25) is 10.0 Å². The molecule has 0 aromatic carbocycles. The molecule has 1 aliphatic carbocycles. The maximum atomic E-state index is 12.1. The van der Waals surface area contributed by atoms with Crippen molar-refractivity contribution >= 4 is 27.3 Å². The molecule has 1 aromatic heterocycles. The highest BCUT2D eigenvalue weighted by atomic mass is 32.2. The Morgan fingerprint density at radius 1 is 1.33 bits per heavy atom. The monoisotopic (exact) mass is 288 g/mol. The second-order valence-corrected chi connectivity index (χ2v) is 7.09. The molecule has 18 heavy (non-hydrogen) atoms. The SMILES string of the molecule is NC(=O)c1cc(S(=O)(=O)NC2CCCCC2)cs1. The highest BCUT2D eigenvalue weighted by Gasteiger charge is 2.23. The molecule has 0 spiro atoms. The molecule has 3 N–H and O–H groups in total. The molecule has 5 nitrogen and oxygen atoms in total. The normalized spacial score (nSPS) is 17.8. The van der Waals surface area contributed by atoms with E-state index in [9.17, 15) is 13.2 Å². The number of primary amides is 1. The lowest BCUT2D eigenvalue weighted by Crippen LogP contribution is -2.35. The van der Waals surface area contributed by atoms with E-state index < -0.39 is 15.9 Å². The zero-order chi connectivity index (χ0) is 13.2. The summed E-state index contributed by atoms with van der Waals surface area (Å²) < 4.78 is 26.9. The van der Waals surface area contributed by atoms with Crippen LogP contribution in [0, 0.1) is 0 Å². The first-order valence-electron chi connectivity index (χ1n) is 5.90. The van der Waals surface area contributed by atoms with Gasteiger partial charge in [0.1, 0.15) is 0 Å². The van der Waals surface area contributed by atoms with Gasteiger partial charge in [0.15, 0.2) is 0 Å². The van der Waals surface area contributed by atoms with Crippen molar-refractivity contribution in [2.24, 2.45) is 5.73 Å². The molecule has 0 unspecified atom stereocenters. The third-order valence-electron chi connectivity index (χ3n) is 3.06. The number of hydrogen-bond donors (Lipinski definition) is 2. The Labute approximate surface area is 110 Å². The van der Waals surface area contributed by atoms with Gasteiger partial charge in [0.05, 0.1) is 9.77 Å². The minimum atomic E-state index is -3.52. The lowest BCUT2D eigenvalue weighted by Gasteiger charge is -2.22. The average molecular weight is 288 g/mol. The van der Waals surface area contributed by atoms with Crippen LogP contribution in [0.25, 0.3) is 0 Å². The van der Waals surface area contributed by atoms with Crippen LogP contribution < -0.4 is 10.5 Å². The minimum Gasteiger partial charge on any atom is -0.365 e. The third kappa shape index (κ3) is 3.09. The molecule has 0 aliphatic heterocycles. The number of hydrogen-bond acceptors (Lipinski definition) is 4. The fourth-order valence-electron chi connectivity index (χ4n) is 2.10. The molecule has 1 aromatic rings. The maximum absolute atomic E-state index is 12.1. The molecule has 7 heteroatoms. The lowest BCUT2D eigenvalue weighted by molar-refractivity contribution is 0.100. The van der Waals surface area contributed by atoms with Crippen LogP contribution in [0.1, 0.15) is 41.8 Å². The van der Waals surface area contributed by atoms with Gasteiger partial charge < -0.3 is 5.73 Å².